The molecule has 28 heavy (non-hydrogen) atoms. The molecule has 3 rings (SSSR count). The molecule has 0 saturated carbocycles. The molecule has 0 atom stereocenters. The Morgan fingerprint density at radius 3 is 2.54 bits per heavy atom. The van der Waals surface area contributed by atoms with Crippen molar-refractivity contribution in [1.29, 1.82) is 0 Å². The van der Waals surface area contributed by atoms with Crippen LogP contribution in [-0.4, -0.2) is 44.7 Å². The number of nitrogens with one attached hydrogen (secondary N) is 1. The van der Waals surface area contributed by atoms with E-state index < -0.39 is 22.0 Å². The van der Waals surface area contributed by atoms with E-state index in [9.17, 15) is 21.6 Å². The Hall–Kier alpha value is -1.43. The minimum atomic E-state index is -4.63. The van der Waals surface area contributed by atoms with E-state index in [-0.39, 0.29) is 9.90 Å². The minimum absolute atomic E-state index is 0.0360. The summed E-state index contributed by atoms with van der Waals surface area (Å²) in [6, 6.07) is 3.55. The molecule has 0 aliphatic carbocycles. The molecule has 2 aromatic heterocycles. The van der Waals surface area contributed by atoms with Gasteiger partial charge >= 0.3 is 6.18 Å². The van der Waals surface area contributed by atoms with Gasteiger partial charge < -0.3 is 9.42 Å². The van der Waals surface area contributed by atoms with Gasteiger partial charge in [0.05, 0.1) is 4.88 Å². The molecule has 2 aromatic rings. The number of likely N-dealkylation sites (tertiary alicyclic amines) is 1. The molecule has 0 spiro atoms. The largest absolute Gasteiger partial charge is 0.452 e. The molecular weight excluding hydrogens is 415 g/mol. The third kappa shape index (κ3) is 5.56. The van der Waals surface area contributed by atoms with E-state index in [0.717, 1.165) is 37.0 Å². The van der Waals surface area contributed by atoms with E-state index in [4.69, 9.17) is 0 Å². The van der Waals surface area contributed by atoms with Crippen molar-refractivity contribution in [3.8, 4) is 10.6 Å². The number of thiophene rings is 1. The molecule has 156 valence electrons. The van der Waals surface area contributed by atoms with Crippen LogP contribution in [0.1, 0.15) is 37.9 Å². The van der Waals surface area contributed by atoms with Gasteiger partial charge in [-0.05, 0) is 51.0 Å². The smallest absolute Gasteiger partial charge is 0.351 e. The van der Waals surface area contributed by atoms with Crippen LogP contribution in [0.3, 0.4) is 0 Å². The van der Waals surface area contributed by atoms with E-state index in [1.165, 1.54) is 37.8 Å². The topological polar surface area (TPSA) is 75.4 Å². The van der Waals surface area contributed by atoms with E-state index in [0.29, 0.717) is 17.8 Å². The van der Waals surface area contributed by atoms with E-state index in [1.54, 1.807) is 0 Å². The van der Waals surface area contributed by atoms with Gasteiger partial charge in [0, 0.05) is 12.6 Å². The second-order valence-electron chi connectivity index (χ2n) is 6.70. The fraction of sp³-hybridized carbons (Fsp3) is 0.588. The number of halogens is 3. The molecule has 0 aromatic carbocycles. The second-order valence-corrected chi connectivity index (χ2v) is 9.78. The van der Waals surface area contributed by atoms with Crippen LogP contribution in [0.25, 0.3) is 10.6 Å². The van der Waals surface area contributed by atoms with Crippen LogP contribution in [0.4, 0.5) is 13.2 Å². The monoisotopic (exact) mass is 437 g/mol. The normalized spacial score (nSPS) is 17.0. The second kappa shape index (κ2) is 8.93. The predicted molar refractivity (Wildman–Crippen MR) is 99.5 cm³/mol. The van der Waals surface area contributed by atoms with Gasteiger partial charge in [-0.2, -0.15) is 13.2 Å². The van der Waals surface area contributed by atoms with Gasteiger partial charge in [-0.1, -0.05) is 18.0 Å². The average Bonchev–Trinajstić information content (AvgIpc) is 3.24. The number of rotatable bonds is 7. The molecule has 0 amide bonds. The lowest BCUT2D eigenvalue weighted by Crippen LogP contribution is -2.30. The van der Waals surface area contributed by atoms with Crippen molar-refractivity contribution in [3.63, 3.8) is 0 Å². The molecule has 3 heterocycles. The summed E-state index contributed by atoms with van der Waals surface area (Å²) < 4.78 is 69.5. The lowest BCUT2D eigenvalue weighted by atomic mass is 10.2. The number of sulfonamides is 1. The zero-order chi connectivity index (χ0) is 20.2. The van der Waals surface area contributed by atoms with Crippen molar-refractivity contribution in [2.24, 2.45) is 0 Å². The van der Waals surface area contributed by atoms with Crippen LogP contribution >= 0.6 is 11.3 Å². The summed E-state index contributed by atoms with van der Waals surface area (Å²) in [5, 5.41) is 3.38. The Kier molecular flexibility index (Phi) is 6.79. The number of alkyl halides is 3. The van der Waals surface area contributed by atoms with Crippen LogP contribution < -0.4 is 4.72 Å². The van der Waals surface area contributed by atoms with E-state index in [1.807, 2.05) is 0 Å². The molecule has 1 aliphatic rings. The van der Waals surface area contributed by atoms with Crippen molar-refractivity contribution < 1.29 is 26.1 Å². The highest BCUT2D eigenvalue weighted by molar-refractivity contribution is 7.91. The standard InChI is InChI=1S/C17H22F3N3O3S2/c18-17(19,20)15-12-13(22-26-15)14-6-7-16(27-14)28(24,25)21-8-5-11-23-9-3-1-2-4-10-23/h6-7,12,21H,1-5,8-11H2. The highest BCUT2D eigenvalue weighted by atomic mass is 32.2. The number of aromatic nitrogens is 1. The maximum atomic E-state index is 12.6. The van der Waals surface area contributed by atoms with Gasteiger partial charge in [0.25, 0.3) is 0 Å². The first-order valence-corrected chi connectivity index (χ1v) is 11.4. The number of hydrogen-bond acceptors (Lipinski definition) is 6. The van der Waals surface area contributed by atoms with Crippen LogP contribution in [-0.2, 0) is 16.2 Å². The summed E-state index contributed by atoms with van der Waals surface area (Å²) in [6.07, 6.45) is 0.936. The van der Waals surface area contributed by atoms with Crippen molar-refractivity contribution in [1.82, 2.24) is 14.8 Å². The molecule has 1 saturated heterocycles. The molecule has 11 heteroatoms. The van der Waals surface area contributed by atoms with Crippen LogP contribution in [0.15, 0.2) is 26.9 Å². The Morgan fingerprint density at radius 2 is 1.89 bits per heavy atom. The van der Waals surface area contributed by atoms with Gasteiger partial charge in [-0.3, -0.25) is 0 Å². The molecule has 1 N–H and O–H groups in total. The van der Waals surface area contributed by atoms with Gasteiger partial charge in [-0.15, -0.1) is 11.3 Å². The summed E-state index contributed by atoms with van der Waals surface area (Å²) in [7, 11) is -3.71. The highest BCUT2D eigenvalue weighted by Gasteiger charge is 2.36. The van der Waals surface area contributed by atoms with Crippen LogP contribution in [0, 0.1) is 0 Å². The number of nitrogens with zero attached hydrogens (tertiary/aromatic N) is 2. The maximum absolute atomic E-state index is 12.6. The summed E-state index contributed by atoms with van der Waals surface area (Å²) in [5.74, 6) is -1.22. The SMILES string of the molecule is O=S(=O)(NCCCN1CCCCCC1)c1ccc(-c2cc(C(F)(F)F)on2)s1. The summed E-state index contributed by atoms with van der Waals surface area (Å²) in [5.41, 5.74) is -0.0417. The van der Waals surface area contributed by atoms with Gasteiger partial charge in [-0.25, -0.2) is 13.1 Å². The number of hydrogen-bond donors (Lipinski definition) is 1. The van der Waals surface area contributed by atoms with Gasteiger partial charge in [0.2, 0.25) is 15.8 Å². The molecule has 0 radical (unpaired) electrons. The third-order valence-corrected chi connectivity index (χ3v) is 7.59. The first-order valence-electron chi connectivity index (χ1n) is 9.12. The Balaban J connectivity index is 1.55. The fourth-order valence-corrected chi connectivity index (χ4v) is 5.44. The van der Waals surface area contributed by atoms with Crippen molar-refractivity contribution in [2.45, 2.75) is 42.5 Å². The third-order valence-electron chi connectivity index (χ3n) is 4.53. The highest BCUT2D eigenvalue weighted by Crippen LogP contribution is 2.35. The van der Waals surface area contributed by atoms with E-state index in [2.05, 4.69) is 19.3 Å². The molecule has 1 aliphatic heterocycles. The van der Waals surface area contributed by atoms with Gasteiger partial charge in [0.1, 0.15) is 9.90 Å². The van der Waals surface area contributed by atoms with Gasteiger partial charge in [0.15, 0.2) is 0 Å². The predicted octanol–water partition coefficient (Wildman–Crippen LogP) is 3.97. The summed E-state index contributed by atoms with van der Waals surface area (Å²) >= 11 is 0.855. The summed E-state index contributed by atoms with van der Waals surface area (Å²) in [6.45, 7) is 3.27. The van der Waals surface area contributed by atoms with E-state index >= 15 is 0 Å². The first-order chi connectivity index (χ1) is 13.3. The summed E-state index contributed by atoms with van der Waals surface area (Å²) in [4.78, 5) is 2.65. The zero-order valence-corrected chi connectivity index (χ0v) is 16.8. The molecular formula is C17H22F3N3O3S2. The molecule has 0 unspecified atom stereocenters. The lowest BCUT2D eigenvalue weighted by Gasteiger charge is -2.19. The first kappa shape index (κ1) is 21.3. The van der Waals surface area contributed by atoms with Crippen LogP contribution in [0.5, 0.6) is 0 Å². The lowest BCUT2D eigenvalue weighted by molar-refractivity contribution is -0.155. The zero-order valence-electron chi connectivity index (χ0n) is 15.2. The van der Waals surface area contributed by atoms with Crippen molar-refractivity contribution >= 4 is 21.4 Å². The minimum Gasteiger partial charge on any atom is -0.351 e. The van der Waals surface area contributed by atoms with Crippen molar-refractivity contribution in [2.75, 3.05) is 26.2 Å². The van der Waals surface area contributed by atoms with Crippen molar-refractivity contribution in [3.05, 3.63) is 24.0 Å². The molecule has 6 nitrogen and oxygen atoms in total. The molecule has 0 bridgehead atoms. The average molecular weight is 438 g/mol. The quantitative estimate of drug-likeness (QED) is 0.664. The molecule has 1 fully saturated rings. The Labute approximate surface area is 165 Å². The maximum Gasteiger partial charge on any atom is 0.452 e. The fourth-order valence-electron chi connectivity index (χ4n) is 3.07. The Bertz CT molecular complexity index is 870. The van der Waals surface area contributed by atoms with Crippen LogP contribution in [0.2, 0.25) is 0 Å². The Morgan fingerprint density at radius 1 is 1.18 bits per heavy atom.